The molecule has 0 aliphatic heterocycles. The maximum Gasteiger partial charge on any atom is 0.116 e. The molecule has 0 radical (unpaired) electrons. The van der Waals surface area contributed by atoms with Crippen molar-refractivity contribution >= 4 is 28.1 Å². The van der Waals surface area contributed by atoms with Crippen molar-refractivity contribution in [2.75, 3.05) is 5.73 Å². The molecule has 0 unspecified atom stereocenters. The molecule has 0 saturated heterocycles. The summed E-state index contributed by atoms with van der Waals surface area (Å²) >= 11 is 0. The monoisotopic (exact) mass is 414 g/mol. The van der Waals surface area contributed by atoms with Crippen molar-refractivity contribution < 1.29 is 0 Å². The zero-order chi connectivity index (χ0) is 21.9. The lowest BCUT2D eigenvalue weighted by Gasteiger charge is -2.14. The molecule has 1 heterocycles. The Morgan fingerprint density at radius 3 is 2.03 bits per heavy atom. The number of hydrogen-bond donors (Lipinski definition) is 1. The molecule has 32 heavy (non-hydrogen) atoms. The summed E-state index contributed by atoms with van der Waals surface area (Å²) in [6, 6.07) is 33.9. The fraction of sp³-hybridized carbons (Fsp3) is 0.0357. The second kappa shape index (κ2) is 8.44. The fourth-order valence-electron chi connectivity index (χ4n) is 3.64. The number of hydrogen-bond acceptors (Lipinski definition) is 4. The lowest BCUT2D eigenvalue weighted by Crippen LogP contribution is -2.10. The van der Waals surface area contributed by atoms with Gasteiger partial charge in [0.25, 0.3) is 0 Å². The smallest absolute Gasteiger partial charge is 0.116 e. The van der Waals surface area contributed by atoms with Crippen LogP contribution >= 0.6 is 0 Å². The largest absolute Gasteiger partial charge is 0.397 e. The SMILES string of the molecule is Cc1ccc(C(=Nc2ccccc2N)c2nc3ccccc3nc2-c2ccccc2)cc1. The Balaban J connectivity index is 1.83. The lowest BCUT2D eigenvalue weighted by atomic mass is 10.00. The Kier molecular flexibility index (Phi) is 5.18. The number of aromatic nitrogens is 2. The van der Waals surface area contributed by atoms with Crippen LogP contribution in [0, 0.1) is 6.92 Å². The van der Waals surface area contributed by atoms with Crippen molar-refractivity contribution in [2.24, 2.45) is 4.99 Å². The minimum absolute atomic E-state index is 0.618. The standard InChI is InChI=1S/C28H22N4/c1-19-15-17-21(18-16-19)27(30-23-12-6-5-11-22(23)29)28-26(20-9-3-2-4-10-20)31-24-13-7-8-14-25(24)32-28/h2-18H,29H2,1H3. The van der Waals surface area contributed by atoms with E-state index >= 15 is 0 Å². The number of fused-ring (bicyclic) bond motifs is 1. The summed E-state index contributed by atoms with van der Waals surface area (Å²) in [5.74, 6) is 0. The van der Waals surface area contributed by atoms with E-state index in [0.717, 1.165) is 39.3 Å². The van der Waals surface area contributed by atoms with E-state index in [0.29, 0.717) is 11.4 Å². The van der Waals surface area contributed by atoms with E-state index in [-0.39, 0.29) is 0 Å². The molecule has 0 bridgehead atoms. The van der Waals surface area contributed by atoms with Gasteiger partial charge in [0.15, 0.2) is 0 Å². The van der Waals surface area contributed by atoms with Gasteiger partial charge in [0.1, 0.15) is 5.69 Å². The van der Waals surface area contributed by atoms with Gasteiger partial charge in [-0.2, -0.15) is 0 Å². The lowest BCUT2D eigenvalue weighted by molar-refractivity contribution is 1.26. The average Bonchev–Trinajstić information content (AvgIpc) is 2.84. The van der Waals surface area contributed by atoms with Gasteiger partial charge < -0.3 is 5.73 Å². The summed E-state index contributed by atoms with van der Waals surface area (Å²) in [6.07, 6.45) is 0. The number of benzene rings is 4. The first-order valence-corrected chi connectivity index (χ1v) is 10.5. The highest BCUT2D eigenvalue weighted by atomic mass is 14.9. The molecular formula is C28H22N4. The number of nitrogens with two attached hydrogens (primary N) is 1. The number of aryl methyl sites for hydroxylation is 1. The van der Waals surface area contributed by atoms with Gasteiger partial charge in [0, 0.05) is 11.1 Å². The Labute approximate surface area is 187 Å². The van der Waals surface area contributed by atoms with Crippen LogP contribution in [0.15, 0.2) is 108 Å². The topological polar surface area (TPSA) is 64.2 Å². The zero-order valence-corrected chi connectivity index (χ0v) is 17.7. The van der Waals surface area contributed by atoms with Crippen LogP contribution in [0.1, 0.15) is 16.8 Å². The molecule has 0 fully saturated rings. The summed E-state index contributed by atoms with van der Waals surface area (Å²) in [5, 5.41) is 0. The van der Waals surface area contributed by atoms with Gasteiger partial charge in [0.05, 0.1) is 33.8 Å². The number of rotatable bonds is 4. The van der Waals surface area contributed by atoms with Crippen molar-refractivity contribution in [1.82, 2.24) is 9.97 Å². The van der Waals surface area contributed by atoms with E-state index in [4.69, 9.17) is 20.7 Å². The van der Waals surface area contributed by atoms with Gasteiger partial charge in [-0.05, 0) is 31.2 Å². The van der Waals surface area contributed by atoms with Crippen molar-refractivity contribution in [2.45, 2.75) is 6.92 Å². The predicted molar refractivity (Wildman–Crippen MR) is 132 cm³/mol. The summed E-state index contributed by atoms with van der Waals surface area (Å²) in [5.41, 5.74) is 14.6. The number of nitrogen functional groups attached to an aromatic ring is 1. The van der Waals surface area contributed by atoms with Crippen LogP contribution in [0.2, 0.25) is 0 Å². The third-order valence-electron chi connectivity index (χ3n) is 5.34. The molecule has 154 valence electrons. The fourth-order valence-corrected chi connectivity index (χ4v) is 3.64. The quantitative estimate of drug-likeness (QED) is 0.275. The Bertz CT molecular complexity index is 1420. The first-order valence-electron chi connectivity index (χ1n) is 10.5. The molecule has 5 aromatic rings. The van der Waals surface area contributed by atoms with E-state index in [9.17, 15) is 0 Å². The minimum Gasteiger partial charge on any atom is -0.397 e. The van der Waals surface area contributed by atoms with Crippen LogP contribution in [0.4, 0.5) is 11.4 Å². The average molecular weight is 415 g/mol. The highest BCUT2D eigenvalue weighted by molar-refractivity contribution is 6.16. The highest BCUT2D eigenvalue weighted by Crippen LogP contribution is 2.29. The van der Waals surface area contributed by atoms with Crippen molar-refractivity contribution in [3.63, 3.8) is 0 Å². The maximum atomic E-state index is 6.25. The molecule has 4 heteroatoms. The van der Waals surface area contributed by atoms with Crippen LogP contribution in [0.25, 0.3) is 22.3 Å². The summed E-state index contributed by atoms with van der Waals surface area (Å²) in [6.45, 7) is 2.07. The molecule has 5 rings (SSSR count). The molecule has 0 aliphatic rings. The van der Waals surface area contributed by atoms with Crippen molar-refractivity contribution in [1.29, 1.82) is 0 Å². The van der Waals surface area contributed by atoms with E-state index in [1.807, 2.05) is 78.9 Å². The second-order valence-corrected chi connectivity index (χ2v) is 7.66. The van der Waals surface area contributed by atoms with Crippen LogP contribution in [0.3, 0.4) is 0 Å². The van der Waals surface area contributed by atoms with Gasteiger partial charge in [0.2, 0.25) is 0 Å². The van der Waals surface area contributed by atoms with Crippen molar-refractivity contribution in [3.05, 3.63) is 120 Å². The third kappa shape index (κ3) is 3.86. The molecule has 1 aromatic heterocycles. The number of nitrogens with zero attached hydrogens (tertiary/aromatic N) is 3. The number of aliphatic imine (C=N–C) groups is 1. The van der Waals surface area contributed by atoms with E-state index in [1.165, 1.54) is 5.56 Å². The van der Waals surface area contributed by atoms with Gasteiger partial charge in [-0.15, -0.1) is 0 Å². The highest BCUT2D eigenvalue weighted by Gasteiger charge is 2.18. The van der Waals surface area contributed by atoms with Crippen LogP contribution in [-0.2, 0) is 0 Å². The molecule has 4 nitrogen and oxygen atoms in total. The van der Waals surface area contributed by atoms with Crippen LogP contribution in [-0.4, -0.2) is 15.7 Å². The number of para-hydroxylation sites is 4. The normalized spacial score (nSPS) is 11.6. The minimum atomic E-state index is 0.618. The zero-order valence-electron chi connectivity index (χ0n) is 17.7. The number of anilines is 1. The molecule has 0 atom stereocenters. The molecule has 4 aromatic carbocycles. The Hall–Kier alpha value is -4.31. The summed E-state index contributed by atoms with van der Waals surface area (Å²) in [7, 11) is 0. The van der Waals surface area contributed by atoms with E-state index < -0.39 is 0 Å². The molecule has 2 N–H and O–H groups in total. The Morgan fingerprint density at radius 1 is 0.688 bits per heavy atom. The maximum absolute atomic E-state index is 6.25. The molecule has 0 saturated carbocycles. The van der Waals surface area contributed by atoms with Gasteiger partial charge in [-0.25, -0.2) is 15.0 Å². The van der Waals surface area contributed by atoms with Gasteiger partial charge >= 0.3 is 0 Å². The molecular weight excluding hydrogens is 392 g/mol. The summed E-state index contributed by atoms with van der Waals surface area (Å²) in [4.78, 5) is 15.1. The molecule has 0 aliphatic carbocycles. The molecule has 0 spiro atoms. The van der Waals surface area contributed by atoms with Crippen molar-refractivity contribution in [3.8, 4) is 11.3 Å². The Morgan fingerprint density at radius 2 is 1.31 bits per heavy atom. The van der Waals surface area contributed by atoms with Gasteiger partial charge in [-0.3, -0.25) is 0 Å². The first kappa shape index (κ1) is 19.6. The second-order valence-electron chi connectivity index (χ2n) is 7.66. The van der Waals surface area contributed by atoms with E-state index in [1.54, 1.807) is 0 Å². The van der Waals surface area contributed by atoms with Crippen LogP contribution in [0.5, 0.6) is 0 Å². The molecule has 0 amide bonds. The first-order chi connectivity index (χ1) is 15.7. The predicted octanol–water partition coefficient (Wildman–Crippen LogP) is 6.36. The third-order valence-corrected chi connectivity index (χ3v) is 5.34. The summed E-state index contributed by atoms with van der Waals surface area (Å²) < 4.78 is 0. The van der Waals surface area contributed by atoms with E-state index in [2.05, 4.69) is 31.2 Å². The van der Waals surface area contributed by atoms with Gasteiger partial charge in [-0.1, -0.05) is 84.4 Å². The van der Waals surface area contributed by atoms with Crippen LogP contribution < -0.4 is 5.73 Å².